The van der Waals surface area contributed by atoms with Gasteiger partial charge >= 0.3 is 5.97 Å². The number of carbonyl (C=O) groups is 1. The summed E-state index contributed by atoms with van der Waals surface area (Å²) < 4.78 is 4.87. The zero-order valence-electron chi connectivity index (χ0n) is 8.86. The van der Waals surface area contributed by atoms with Crippen molar-refractivity contribution in [2.45, 2.75) is 6.92 Å². The minimum absolute atomic E-state index is 0.00130. The predicted octanol–water partition coefficient (Wildman–Crippen LogP) is 1.02. The van der Waals surface area contributed by atoms with Crippen LogP contribution in [0.3, 0.4) is 0 Å². The molecular weight excluding hydrogens is 208 g/mol. The average molecular weight is 220 g/mol. The number of hydrogen-bond acceptors (Lipinski definition) is 4. The van der Waals surface area contributed by atoms with Crippen molar-refractivity contribution < 1.29 is 14.6 Å². The van der Waals surface area contributed by atoms with Crippen molar-refractivity contribution in [3.63, 3.8) is 0 Å². The van der Waals surface area contributed by atoms with Gasteiger partial charge in [0.05, 0.1) is 24.0 Å². The van der Waals surface area contributed by atoms with Crippen LogP contribution < -0.4 is 0 Å². The van der Waals surface area contributed by atoms with E-state index in [1.807, 2.05) is 13.0 Å². The maximum absolute atomic E-state index is 11.7. The number of hydrogen-bond donors (Lipinski definition) is 2. The molecule has 0 saturated carbocycles. The van der Waals surface area contributed by atoms with E-state index in [-0.39, 0.29) is 13.2 Å². The number of carbonyl (C=O) groups excluding carboxylic acids is 1. The second-order valence-electron chi connectivity index (χ2n) is 3.47. The van der Waals surface area contributed by atoms with E-state index in [4.69, 9.17) is 9.84 Å². The van der Waals surface area contributed by atoms with Gasteiger partial charge in [0.25, 0.3) is 0 Å². The fraction of sp³-hybridized carbons (Fsp3) is 0.273. The highest BCUT2D eigenvalue weighted by Gasteiger charge is 2.13. The second kappa shape index (κ2) is 4.32. The van der Waals surface area contributed by atoms with E-state index in [1.54, 1.807) is 6.07 Å². The monoisotopic (exact) mass is 220 g/mol. The standard InChI is InChI=1S/C11H12N2O3/c1-7-4-8(11(15)16-3-2-14)10-9(5-7)12-6-13-10/h4-6,14H,2-3H2,1H3,(H,12,13). The van der Waals surface area contributed by atoms with Gasteiger partial charge in [-0.3, -0.25) is 0 Å². The lowest BCUT2D eigenvalue weighted by Gasteiger charge is -2.04. The van der Waals surface area contributed by atoms with Gasteiger partial charge in [0.2, 0.25) is 0 Å². The molecule has 1 heterocycles. The number of aryl methyl sites for hydroxylation is 1. The van der Waals surface area contributed by atoms with Gasteiger partial charge in [-0.15, -0.1) is 0 Å². The number of esters is 1. The van der Waals surface area contributed by atoms with E-state index in [2.05, 4.69) is 9.97 Å². The Kier molecular flexibility index (Phi) is 2.87. The van der Waals surface area contributed by atoms with Crippen molar-refractivity contribution in [2.75, 3.05) is 13.2 Å². The van der Waals surface area contributed by atoms with Crippen LogP contribution in [-0.4, -0.2) is 34.3 Å². The van der Waals surface area contributed by atoms with Crippen LogP contribution in [0.5, 0.6) is 0 Å². The quantitative estimate of drug-likeness (QED) is 0.757. The normalized spacial score (nSPS) is 10.6. The lowest BCUT2D eigenvalue weighted by atomic mass is 10.1. The van der Waals surface area contributed by atoms with Crippen LogP contribution in [0.2, 0.25) is 0 Å². The molecule has 0 spiro atoms. The molecule has 2 N–H and O–H groups in total. The Morgan fingerprint density at radius 3 is 3.12 bits per heavy atom. The zero-order valence-corrected chi connectivity index (χ0v) is 8.86. The largest absolute Gasteiger partial charge is 0.460 e. The van der Waals surface area contributed by atoms with E-state index >= 15 is 0 Å². The fourth-order valence-corrected chi connectivity index (χ4v) is 1.57. The third kappa shape index (κ3) is 1.90. The van der Waals surface area contributed by atoms with Crippen molar-refractivity contribution in [1.82, 2.24) is 9.97 Å². The highest BCUT2D eigenvalue weighted by atomic mass is 16.5. The molecule has 0 aliphatic heterocycles. The lowest BCUT2D eigenvalue weighted by Crippen LogP contribution is -2.09. The molecule has 0 aliphatic carbocycles. The highest BCUT2D eigenvalue weighted by molar-refractivity contribution is 6.02. The maximum atomic E-state index is 11.7. The van der Waals surface area contributed by atoms with Gasteiger partial charge in [-0.25, -0.2) is 9.78 Å². The first-order valence-corrected chi connectivity index (χ1v) is 4.94. The number of aliphatic hydroxyl groups excluding tert-OH is 1. The molecule has 5 nitrogen and oxygen atoms in total. The smallest absolute Gasteiger partial charge is 0.340 e. The molecular formula is C11H12N2O3. The van der Waals surface area contributed by atoms with Crippen LogP contribution in [0.4, 0.5) is 0 Å². The number of nitrogens with one attached hydrogen (secondary N) is 1. The van der Waals surface area contributed by atoms with Gasteiger partial charge in [-0.2, -0.15) is 0 Å². The average Bonchev–Trinajstić information content (AvgIpc) is 2.72. The molecule has 0 atom stereocenters. The van der Waals surface area contributed by atoms with Crippen LogP contribution >= 0.6 is 0 Å². The summed E-state index contributed by atoms with van der Waals surface area (Å²) in [5, 5.41) is 8.59. The van der Waals surface area contributed by atoms with Crippen LogP contribution in [-0.2, 0) is 4.74 Å². The molecule has 0 amide bonds. The molecule has 2 aromatic rings. The second-order valence-corrected chi connectivity index (χ2v) is 3.47. The molecule has 0 unspecified atom stereocenters. The van der Waals surface area contributed by atoms with E-state index in [0.29, 0.717) is 11.1 Å². The van der Waals surface area contributed by atoms with Crippen LogP contribution in [0, 0.1) is 6.92 Å². The zero-order chi connectivity index (χ0) is 11.5. The van der Waals surface area contributed by atoms with Crippen molar-refractivity contribution in [3.05, 3.63) is 29.6 Å². The number of aromatic nitrogens is 2. The molecule has 2 rings (SSSR count). The summed E-state index contributed by atoms with van der Waals surface area (Å²) in [6, 6.07) is 3.63. The van der Waals surface area contributed by atoms with E-state index < -0.39 is 5.97 Å². The van der Waals surface area contributed by atoms with Gasteiger partial charge < -0.3 is 14.8 Å². The first kappa shape index (κ1) is 10.6. The van der Waals surface area contributed by atoms with Crippen molar-refractivity contribution >= 4 is 17.0 Å². The molecule has 84 valence electrons. The Morgan fingerprint density at radius 1 is 1.56 bits per heavy atom. The molecule has 0 saturated heterocycles. The van der Waals surface area contributed by atoms with Crippen LogP contribution in [0.1, 0.15) is 15.9 Å². The summed E-state index contributed by atoms with van der Waals surface area (Å²) >= 11 is 0. The summed E-state index contributed by atoms with van der Waals surface area (Å²) in [4.78, 5) is 18.7. The Balaban J connectivity index is 2.42. The van der Waals surface area contributed by atoms with E-state index in [0.717, 1.165) is 11.1 Å². The molecule has 1 aromatic carbocycles. The third-order valence-electron chi connectivity index (χ3n) is 2.21. The maximum Gasteiger partial charge on any atom is 0.340 e. The number of aromatic amines is 1. The highest BCUT2D eigenvalue weighted by Crippen LogP contribution is 2.18. The number of benzene rings is 1. The summed E-state index contributed by atoms with van der Waals surface area (Å²) in [6.07, 6.45) is 1.53. The van der Waals surface area contributed by atoms with Crippen molar-refractivity contribution in [2.24, 2.45) is 0 Å². The number of H-pyrrole nitrogens is 1. The Labute approximate surface area is 92.1 Å². The summed E-state index contributed by atoms with van der Waals surface area (Å²) in [5.74, 6) is -0.463. The van der Waals surface area contributed by atoms with Crippen LogP contribution in [0.15, 0.2) is 18.5 Å². The first-order chi connectivity index (χ1) is 7.72. The predicted molar refractivity (Wildman–Crippen MR) is 58.2 cm³/mol. The minimum Gasteiger partial charge on any atom is -0.460 e. The molecule has 5 heteroatoms. The van der Waals surface area contributed by atoms with Gasteiger partial charge in [0.1, 0.15) is 12.1 Å². The summed E-state index contributed by atoms with van der Waals surface area (Å²) in [6.45, 7) is 1.71. The van der Waals surface area contributed by atoms with Gasteiger partial charge in [-0.05, 0) is 24.6 Å². The minimum atomic E-state index is -0.463. The number of nitrogens with zero attached hydrogens (tertiary/aromatic N) is 1. The van der Waals surface area contributed by atoms with Gasteiger partial charge in [0, 0.05) is 0 Å². The summed E-state index contributed by atoms with van der Waals surface area (Å²) in [7, 11) is 0. The lowest BCUT2D eigenvalue weighted by molar-refractivity contribution is 0.0435. The van der Waals surface area contributed by atoms with Gasteiger partial charge in [-0.1, -0.05) is 0 Å². The Morgan fingerprint density at radius 2 is 2.38 bits per heavy atom. The van der Waals surface area contributed by atoms with Crippen LogP contribution in [0.25, 0.3) is 11.0 Å². The number of ether oxygens (including phenoxy) is 1. The van der Waals surface area contributed by atoms with Gasteiger partial charge in [0.15, 0.2) is 0 Å². The van der Waals surface area contributed by atoms with E-state index in [1.165, 1.54) is 6.33 Å². The topological polar surface area (TPSA) is 75.2 Å². The van der Waals surface area contributed by atoms with Crippen molar-refractivity contribution in [3.8, 4) is 0 Å². The molecule has 0 bridgehead atoms. The Bertz CT molecular complexity index is 519. The summed E-state index contributed by atoms with van der Waals surface area (Å²) in [5.41, 5.74) is 2.77. The SMILES string of the molecule is Cc1cc(C(=O)OCCO)c2nc[nH]c2c1. The van der Waals surface area contributed by atoms with E-state index in [9.17, 15) is 4.79 Å². The molecule has 0 aliphatic rings. The number of fused-ring (bicyclic) bond motifs is 1. The Hall–Kier alpha value is -1.88. The van der Waals surface area contributed by atoms with Crippen molar-refractivity contribution in [1.29, 1.82) is 0 Å². The molecule has 16 heavy (non-hydrogen) atoms. The number of imidazole rings is 1. The molecule has 0 fully saturated rings. The number of aliphatic hydroxyl groups is 1. The number of rotatable bonds is 3. The first-order valence-electron chi connectivity index (χ1n) is 4.94. The fourth-order valence-electron chi connectivity index (χ4n) is 1.57. The molecule has 1 aromatic heterocycles. The molecule has 0 radical (unpaired) electrons. The third-order valence-corrected chi connectivity index (χ3v) is 2.21.